The molecule has 0 saturated heterocycles. The first-order chi connectivity index (χ1) is 10.7. The largest absolute Gasteiger partial charge is 0.449 e. The van der Waals surface area contributed by atoms with Crippen molar-refractivity contribution in [2.24, 2.45) is 4.99 Å². The maximum Gasteiger partial charge on any atom is 0.416 e. The lowest BCUT2D eigenvalue weighted by Gasteiger charge is -2.12. The molecule has 0 bridgehead atoms. The molecule has 3 nitrogen and oxygen atoms in total. The number of ether oxygens (including phenoxy) is 1. The van der Waals surface area contributed by atoms with E-state index in [1.54, 1.807) is 6.07 Å². The number of aliphatic imine (C=N–C) groups is 1. The minimum absolute atomic E-state index is 0.0703. The van der Waals surface area contributed by atoms with E-state index in [1.165, 1.54) is 18.2 Å². The molecular weight excluding hydrogens is 436 g/mol. The van der Waals surface area contributed by atoms with Crippen LogP contribution in [0.1, 0.15) is 5.56 Å². The first-order valence-electron chi connectivity index (χ1n) is 5.84. The van der Waals surface area contributed by atoms with Gasteiger partial charge in [-0.25, -0.2) is 13.6 Å². The fourth-order valence-electron chi connectivity index (χ4n) is 1.64. The van der Waals surface area contributed by atoms with Gasteiger partial charge in [-0.05, 0) is 52.9 Å². The minimum atomic E-state index is -4.89. The summed E-state index contributed by atoms with van der Waals surface area (Å²) in [5, 5.41) is 0. The topological polar surface area (TPSA) is 38.7 Å². The van der Waals surface area contributed by atoms with Gasteiger partial charge in [0.05, 0.1) is 5.56 Å². The van der Waals surface area contributed by atoms with Crippen molar-refractivity contribution in [1.82, 2.24) is 0 Å². The number of benzene rings is 2. The standard InChI is InChI=1S/C14H5F5INO2/c15-9-3-7(14(17,18)19)4-10(16)13(9)23-12-5-8(20)1-2-11(12)21-6-22/h1-5H. The molecule has 9 heteroatoms. The van der Waals surface area contributed by atoms with E-state index < -0.39 is 29.1 Å². The number of nitrogens with zero attached hydrogens (tertiary/aromatic N) is 1. The summed E-state index contributed by atoms with van der Waals surface area (Å²) in [6.07, 6.45) is -3.65. The highest BCUT2D eigenvalue weighted by atomic mass is 127. The van der Waals surface area contributed by atoms with Crippen LogP contribution in [0.2, 0.25) is 0 Å². The molecule has 0 aliphatic carbocycles. The van der Waals surface area contributed by atoms with E-state index in [-0.39, 0.29) is 23.6 Å². The van der Waals surface area contributed by atoms with Crippen molar-refractivity contribution in [1.29, 1.82) is 0 Å². The van der Waals surface area contributed by atoms with Crippen LogP contribution in [-0.4, -0.2) is 6.08 Å². The second-order valence-corrected chi connectivity index (χ2v) is 5.43. The molecule has 0 radical (unpaired) electrons. The predicted molar refractivity (Wildman–Crippen MR) is 78.4 cm³/mol. The third-order valence-corrected chi connectivity index (χ3v) is 3.30. The van der Waals surface area contributed by atoms with Crippen molar-refractivity contribution in [3.8, 4) is 11.5 Å². The molecule has 0 N–H and O–H groups in total. The lowest BCUT2D eigenvalue weighted by molar-refractivity contribution is -0.138. The number of hydrogen-bond acceptors (Lipinski definition) is 3. The van der Waals surface area contributed by atoms with Crippen LogP contribution >= 0.6 is 22.6 Å². The molecule has 0 aromatic heterocycles. The molecule has 0 saturated carbocycles. The van der Waals surface area contributed by atoms with Gasteiger partial charge in [-0.1, -0.05) is 0 Å². The van der Waals surface area contributed by atoms with Gasteiger partial charge in [-0.15, -0.1) is 0 Å². The molecule has 2 rings (SSSR count). The van der Waals surface area contributed by atoms with E-state index >= 15 is 0 Å². The van der Waals surface area contributed by atoms with Crippen LogP contribution in [0, 0.1) is 15.2 Å². The van der Waals surface area contributed by atoms with E-state index in [0.717, 1.165) is 0 Å². The van der Waals surface area contributed by atoms with Gasteiger partial charge >= 0.3 is 6.18 Å². The quantitative estimate of drug-likeness (QED) is 0.279. The summed E-state index contributed by atoms with van der Waals surface area (Å²) in [5.74, 6) is -4.28. The first kappa shape index (κ1) is 17.4. The predicted octanol–water partition coefficient (Wildman–Crippen LogP) is 5.35. The monoisotopic (exact) mass is 441 g/mol. The lowest BCUT2D eigenvalue weighted by Crippen LogP contribution is -2.07. The second-order valence-electron chi connectivity index (χ2n) is 4.18. The normalized spacial score (nSPS) is 11.0. The number of hydrogen-bond donors (Lipinski definition) is 0. The summed E-state index contributed by atoms with van der Waals surface area (Å²) in [6, 6.07) is 4.43. The van der Waals surface area contributed by atoms with Gasteiger partial charge in [-0.3, -0.25) is 0 Å². The van der Waals surface area contributed by atoms with E-state index in [0.29, 0.717) is 3.57 Å². The first-order valence-corrected chi connectivity index (χ1v) is 6.91. The average Bonchev–Trinajstić information content (AvgIpc) is 2.44. The number of alkyl halides is 3. The van der Waals surface area contributed by atoms with Crippen LogP contribution in [0.4, 0.5) is 27.6 Å². The van der Waals surface area contributed by atoms with Crippen molar-refractivity contribution in [2.75, 3.05) is 0 Å². The summed E-state index contributed by atoms with van der Waals surface area (Å²) < 4.78 is 70.6. The van der Waals surface area contributed by atoms with Crippen LogP contribution in [0.3, 0.4) is 0 Å². The average molecular weight is 441 g/mol. The SMILES string of the molecule is O=C=Nc1ccc(I)cc1Oc1c(F)cc(C(F)(F)F)cc1F. The Labute approximate surface area is 139 Å². The highest BCUT2D eigenvalue weighted by Gasteiger charge is 2.33. The Balaban J connectivity index is 2.49. The smallest absolute Gasteiger partial charge is 0.416 e. The highest BCUT2D eigenvalue weighted by molar-refractivity contribution is 14.1. The number of isocyanates is 1. The number of halogens is 6. The summed E-state index contributed by atoms with van der Waals surface area (Å²) in [6.45, 7) is 0. The Hall–Kier alpha value is -2.00. The second kappa shape index (κ2) is 6.63. The summed E-state index contributed by atoms with van der Waals surface area (Å²) >= 11 is 1.87. The fourth-order valence-corrected chi connectivity index (χ4v) is 2.10. The molecule has 0 aliphatic rings. The zero-order valence-electron chi connectivity index (χ0n) is 10.9. The summed E-state index contributed by atoms with van der Waals surface area (Å²) in [4.78, 5) is 13.6. The molecule has 0 atom stereocenters. The van der Waals surface area contributed by atoms with Gasteiger partial charge in [-0.2, -0.15) is 18.2 Å². The molecule has 0 fully saturated rings. The van der Waals surface area contributed by atoms with Crippen molar-refractivity contribution >= 4 is 34.4 Å². The van der Waals surface area contributed by atoms with Gasteiger partial charge < -0.3 is 4.74 Å². The summed E-state index contributed by atoms with van der Waals surface area (Å²) in [7, 11) is 0. The molecule has 0 amide bonds. The van der Waals surface area contributed by atoms with Gasteiger partial charge in [0.15, 0.2) is 23.1 Å². The minimum Gasteiger partial charge on any atom is -0.449 e. The molecule has 23 heavy (non-hydrogen) atoms. The summed E-state index contributed by atoms with van der Waals surface area (Å²) in [5.41, 5.74) is -1.55. The van der Waals surface area contributed by atoms with Crippen molar-refractivity contribution in [2.45, 2.75) is 6.18 Å². The van der Waals surface area contributed by atoms with Gasteiger partial charge in [0.2, 0.25) is 6.08 Å². The van der Waals surface area contributed by atoms with Gasteiger partial charge in [0, 0.05) is 3.57 Å². The van der Waals surface area contributed by atoms with Crippen LogP contribution in [0.15, 0.2) is 35.3 Å². The lowest BCUT2D eigenvalue weighted by atomic mass is 10.2. The van der Waals surface area contributed by atoms with Crippen LogP contribution < -0.4 is 4.74 Å². The van der Waals surface area contributed by atoms with Crippen molar-refractivity contribution in [3.63, 3.8) is 0 Å². The van der Waals surface area contributed by atoms with Gasteiger partial charge in [0.1, 0.15) is 5.69 Å². The Morgan fingerprint density at radius 1 is 1.09 bits per heavy atom. The zero-order chi connectivity index (χ0) is 17.2. The highest BCUT2D eigenvalue weighted by Crippen LogP contribution is 2.38. The zero-order valence-corrected chi connectivity index (χ0v) is 13.1. The Bertz CT molecular complexity index is 777. The fraction of sp³-hybridized carbons (Fsp3) is 0.0714. The van der Waals surface area contributed by atoms with Crippen molar-refractivity contribution in [3.05, 3.63) is 51.1 Å². The molecule has 0 unspecified atom stereocenters. The van der Waals surface area contributed by atoms with E-state index in [9.17, 15) is 26.7 Å². The van der Waals surface area contributed by atoms with E-state index in [4.69, 9.17) is 4.74 Å². The van der Waals surface area contributed by atoms with E-state index in [2.05, 4.69) is 4.99 Å². The molecule has 0 aliphatic heterocycles. The van der Waals surface area contributed by atoms with Crippen LogP contribution in [0.25, 0.3) is 0 Å². The third-order valence-electron chi connectivity index (χ3n) is 2.63. The Morgan fingerprint density at radius 2 is 1.70 bits per heavy atom. The number of carbonyl (C=O) groups excluding carboxylic acids is 1. The maximum absolute atomic E-state index is 13.8. The molecule has 0 spiro atoms. The molecular formula is C14H5F5INO2. The van der Waals surface area contributed by atoms with Crippen molar-refractivity contribution < 1.29 is 31.5 Å². The molecule has 0 heterocycles. The van der Waals surface area contributed by atoms with E-state index in [1.807, 2.05) is 22.6 Å². The van der Waals surface area contributed by atoms with Gasteiger partial charge in [0.25, 0.3) is 0 Å². The molecule has 2 aromatic carbocycles. The molecule has 2 aromatic rings. The Morgan fingerprint density at radius 3 is 2.22 bits per heavy atom. The third kappa shape index (κ3) is 4.05. The maximum atomic E-state index is 13.8. The number of rotatable bonds is 3. The Kier molecular flexibility index (Phi) is 5.00. The molecule has 120 valence electrons. The van der Waals surface area contributed by atoms with Crippen LogP contribution in [0.5, 0.6) is 11.5 Å². The van der Waals surface area contributed by atoms with Crippen LogP contribution in [-0.2, 0) is 11.0 Å².